The molecule has 0 unspecified atom stereocenters. The molecule has 0 aliphatic heterocycles. The average Bonchev–Trinajstić information content (AvgIpc) is 3.15. The van der Waals surface area contributed by atoms with Crippen LogP contribution in [0.25, 0.3) is 0 Å². The fraction of sp³-hybridized carbons (Fsp3) is 0.174. The van der Waals surface area contributed by atoms with E-state index in [9.17, 15) is 9.59 Å². The Hall–Kier alpha value is -4.27. The van der Waals surface area contributed by atoms with Gasteiger partial charge in [-0.25, -0.2) is 10.2 Å². The summed E-state index contributed by atoms with van der Waals surface area (Å²) in [6.45, 7) is 1.80. The van der Waals surface area contributed by atoms with Crippen LogP contribution in [0.15, 0.2) is 74.3 Å². The number of hydrogen-bond donors (Lipinski definition) is 3. The van der Waals surface area contributed by atoms with Crippen molar-refractivity contribution in [1.29, 1.82) is 0 Å². The van der Waals surface area contributed by atoms with Crippen LogP contribution in [0, 0.1) is 6.92 Å². The molecule has 0 radical (unpaired) electrons. The first-order chi connectivity index (χ1) is 15.5. The summed E-state index contributed by atoms with van der Waals surface area (Å²) in [7, 11) is 0. The van der Waals surface area contributed by atoms with E-state index < -0.39 is 6.03 Å². The number of benzene rings is 2. The molecule has 9 nitrogen and oxygen atoms in total. The third-order valence-corrected chi connectivity index (χ3v) is 5.00. The van der Waals surface area contributed by atoms with Gasteiger partial charge in [-0.3, -0.25) is 4.79 Å². The van der Waals surface area contributed by atoms with Crippen molar-refractivity contribution in [3.63, 3.8) is 0 Å². The van der Waals surface area contributed by atoms with Crippen molar-refractivity contribution in [1.82, 2.24) is 5.43 Å². The van der Waals surface area contributed by atoms with Crippen LogP contribution in [0.1, 0.15) is 40.3 Å². The molecule has 4 rings (SSSR count). The highest BCUT2D eigenvalue weighted by Crippen LogP contribution is 2.30. The van der Waals surface area contributed by atoms with Gasteiger partial charge in [-0.2, -0.15) is 15.3 Å². The number of azo groups is 1. The van der Waals surface area contributed by atoms with Crippen LogP contribution < -0.4 is 16.5 Å². The quantitative estimate of drug-likeness (QED) is 0.390. The smallest absolute Gasteiger partial charge is 0.332 e. The van der Waals surface area contributed by atoms with Gasteiger partial charge in [-0.05, 0) is 56.2 Å². The molecular weight excluding hydrogens is 408 g/mol. The van der Waals surface area contributed by atoms with Gasteiger partial charge in [0.2, 0.25) is 0 Å². The van der Waals surface area contributed by atoms with Crippen LogP contribution in [-0.2, 0) is 6.42 Å². The number of primary amides is 1. The van der Waals surface area contributed by atoms with Gasteiger partial charge in [0.15, 0.2) is 5.76 Å². The van der Waals surface area contributed by atoms with E-state index in [0.29, 0.717) is 41.3 Å². The monoisotopic (exact) mass is 430 g/mol. The second kappa shape index (κ2) is 9.25. The molecule has 1 aliphatic rings. The normalized spacial score (nSPS) is 14.3. The number of aryl methyl sites for hydroxylation is 1. The molecule has 1 aromatic heterocycles. The number of hydrogen-bond acceptors (Lipinski definition) is 6. The minimum absolute atomic E-state index is 0.219. The van der Waals surface area contributed by atoms with E-state index in [1.807, 2.05) is 30.3 Å². The number of rotatable bonds is 5. The summed E-state index contributed by atoms with van der Waals surface area (Å²) < 4.78 is 5.85. The van der Waals surface area contributed by atoms with Gasteiger partial charge in [0.05, 0.1) is 17.1 Å². The second-order valence-corrected chi connectivity index (χ2v) is 7.28. The standard InChI is InChI=1S/C23H22N6O3/c1-14-20-18(28-29-23(24)31)8-5-9-19(20)32-21(14)22(30)25-15-10-12-17(13-11-15)27-26-16-6-3-2-4-7-16/h2-4,6-7,10-13H,5,8-9H2,1H3,(H,25,30)(H3,24,29,31)/b27-26?,28-18+. The summed E-state index contributed by atoms with van der Waals surface area (Å²) in [5, 5.41) is 15.3. The van der Waals surface area contributed by atoms with Crippen molar-refractivity contribution in [2.24, 2.45) is 21.1 Å². The van der Waals surface area contributed by atoms with Crippen molar-refractivity contribution in [3.05, 3.63) is 77.2 Å². The maximum Gasteiger partial charge on any atom is 0.332 e. The fourth-order valence-electron chi connectivity index (χ4n) is 3.53. The van der Waals surface area contributed by atoms with Gasteiger partial charge in [0, 0.05) is 23.2 Å². The number of amides is 3. The van der Waals surface area contributed by atoms with E-state index in [1.54, 1.807) is 31.2 Å². The summed E-state index contributed by atoms with van der Waals surface area (Å²) in [4.78, 5) is 23.8. The Labute approximate surface area is 184 Å². The van der Waals surface area contributed by atoms with E-state index in [1.165, 1.54) is 0 Å². The largest absolute Gasteiger partial charge is 0.455 e. The molecule has 0 fully saturated rings. The fourth-order valence-corrected chi connectivity index (χ4v) is 3.53. The molecular formula is C23H22N6O3. The Kier molecular flexibility index (Phi) is 6.07. The first-order valence-electron chi connectivity index (χ1n) is 10.1. The van der Waals surface area contributed by atoms with Crippen LogP contribution in [0.4, 0.5) is 21.9 Å². The number of nitrogens with zero attached hydrogens (tertiary/aromatic N) is 3. The molecule has 0 spiro atoms. The number of carbonyl (C=O) groups excluding carboxylic acids is 2. The lowest BCUT2D eigenvalue weighted by molar-refractivity contribution is 0.0994. The maximum atomic E-state index is 12.8. The third kappa shape index (κ3) is 4.72. The van der Waals surface area contributed by atoms with E-state index in [2.05, 4.69) is 26.1 Å². The van der Waals surface area contributed by atoms with Gasteiger partial charge >= 0.3 is 6.03 Å². The van der Waals surface area contributed by atoms with Crippen molar-refractivity contribution < 1.29 is 14.0 Å². The van der Waals surface area contributed by atoms with Gasteiger partial charge in [-0.15, -0.1) is 0 Å². The van der Waals surface area contributed by atoms with Crippen molar-refractivity contribution >= 4 is 34.7 Å². The zero-order valence-corrected chi connectivity index (χ0v) is 17.5. The molecule has 9 heteroatoms. The second-order valence-electron chi connectivity index (χ2n) is 7.28. The predicted molar refractivity (Wildman–Crippen MR) is 121 cm³/mol. The molecule has 1 heterocycles. The SMILES string of the molecule is Cc1c(C(=O)Nc2ccc(N=Nc3ccccc3)cc2)oc2c1/C(=N/NC(N)=O)CCC2. The van der Waals surface area contributed by atoms with Crippen LogP contribution in [0.2, 0.25) is 0 Å². The molecule has 0 atom stereocenters. The molecule has 162 valence electrons. The summed E-state index contributed by atoms with van der Waals surface area (Å²) in [6, 6.07) is 15.7. The number of nitrogens with one attached hydrogen (secondary N) is 2. The number of carbonyl (C=O) groups is 2. The average molecular weight is 430 g/mol. The molecule has 1 aliphatic carbocycles. The zero-order valence-electron chi connectivity index (χ0n) is 17.5. The topological polar surface area (TPSA) is 134 Å². The number of nitrogens with two attached hydrogens (primary N) is 1. The molecule has 32 heavy (non-hydrogen) atoms. The summed E-state index contributed by atoms with van der Waals surface area (Å²) in [5.41, 5.74) is 11.5. The first-order valence-corrected chi connectivity index (χ1v) is 10.1. The Balaban J connectivity index is 1.48. The molecule has 0 bridgehead atoms. The summed E-state index contributed by atoms with van der Waals surface area (Å²) in [5.74, 6) is 0.537. The highest BCUT2D eigenvalue weighted by atomic mass is 16.4. The van der Waals surface area contributed by atoms with Gasteiger partial charge in [0.1, 0.15) is 5.76 Å². The minimum Gasteiger partial charge on any atom is -0.455 e. The zero-order chi connectivity index (χ0) is 22.5. The van der Waals surface area contributed by atoms with Crippen LogP contribution >= 0.6 is 0 Å². The lowest BCUT2D eigenvalue weighted by atomic mass is 9.93. The minimum atomic E-state index is -0.740. The first kappa shape index (κ1) is 21.0. The summed E-state index contributed by atoms with van der Waals surface area (Å²) >= 11 is 0. The Morgan fingerprint density at radius 3 is 2.34 bits per heavy atom. The van der Waals surface area contributed by atoms with Gasteiger partial charge < -0.3 is 15.5 Å². The van der Waals surface area contributed by atoms with Crippen molar-refractivity contribution in [3.8, 4) is 0 Å². The van der Waals surface area contributed by atoms with E-state index in [4.69, 9.17) is 10.2 Å². The van der Waals surface area contributed by atoms with Gasteiger partial charge in [-0.1, -0.05) is 18.2 Å². The predicted octanol–water partition coefficient (Wildman–Crippen LogP) is 4.96. The molecule has 4 N–H and O–H groups in total. The number of furan rings is 1. The van der Waals surface area contributed by atoms with Crippen LogP contribution in [0.5, 0.6) is 0 Å². The van der Waals surface area contributed by atoms with Crippen molar-refractivity contribution in [2.75, 3.05) is 5.32 Å². The lowest BCUT2D eigenvalue weighted by Gasteiger charge is -2.13. The molecule has 3 amide bonds. The maximum absolute atomic E-state index is 12.8. The Morgan fingerprint density at radius 1 is 0.969 bits per heavy atom. The van der Waals surface area contributed by atoms with Crippen LogP contribution in [-0.4, -0.2) is 17.6 Å². The Morgan fingerprint density at radius 2 is 1.66 bits per heavy atom. The number of fused-ring (bicyclic) bond motifs is 1. The third-order valence-electron chi connectivity index (χ3n) is 5.00. The van der Waals surface area contributed by atoms with E-state index in [0.717, 1.165) is 17.7 Å². The molecule has 0 saturated carbocycles. The van der Waals surface area contributed by atoms with Crippen molar-refractivity contribution in [2.45, 2.75) is 26.2 Å². The Bertz CT molecular complexity index is 1200. The number of anilines is 1. The molecule has 3 aromatic rings. The molecule has 0 saturated heterocycles. The highest BCUT2D eigenvalue weighted by molar-refractivity contribution is 6.09. The van der Waals surface area contributed by atoms with Crippen LogP contribution in [0.3, 0.4) is 0 Å². The summed E-state index contributed by atoms with van der Waals surface area (Å²) in [6.07, 6.45) is 2.16. The molecule has 2 aromatic carbocycles. The van der Waals surface area contributed by atoms with Gasteiger partial charge in [0.25, 0.3) is 5.91 Å². The number of urea groups is 1. The van der Waals surface area contributed by atoms with E-state index >= 15 is 0 Å². The highest BCUT2D eigenvalue weighted by Gasteiger charge is 2.28. The number of hydrazone groups is 1. The van der Waals surface area contributed by atoms with E-state index in [-0.39, 0.29) is 11.7 Å². The lowest BCUT2D eigenvalue weighted by Crippen LogP contribution is -2.27.